The molecule has 20 heavy (non-hydrogen) atoms. The lowest BCUT2D eigenvalue weighted by molar-refractivity contribution is 0.0691. The molecule has 0 aliphatic rings. The molecule has 3 aromatic heterocycles. The van der Waals surface area contributed by atoms with Gasteiger partial charge < -0.3 is 5.11 Å². The molecule has 0 saturated carbocycles. The molecule has 102 valence electrons. The summed E-state index contributed by atoms with van der Waals surface area (Å²) >= 11 is 1.48. The maximum absolute atomic E-state index is 11.3. The molecular formula is C11H10N6O2S. The van der Waals surface area contributed by atoms with Gasteiger partial charge in [-0.2, -0.15) is 5.10 Å². The third-order valence-corrected chi connectivity index (χ3v) is 3.47. The SMILES string of the molecule is Cn1cc(-c2c(C(=O)O)nnn2Cc2cncs2)cn1. The number of aryl methyl sites for hydroxylation is 1. The van der Waals surface area contributed by atoms with Gasteiger partial charge in [-0.1, -0.05) is 5.21 Å². The molecule has 3 aromatic rings. The van der Waals surface area contributed by atoms with Crippen molar-refractivity contribution in [3.63, 3.8) is 0 Å². The highest BCUT2D eigenvalue weighted by Gasteiger charge is 2.21. The normalized spacial score (nSPS) is 10.8. The molecule has 0 amide bonds. The maximum atomic E-state index is 11.3. The first-order chi connectivity index (χ1) is 9.65. The summed E-state index contributed by atoms with van der Waals surface area (Å²) in [7, 11) is 1.77. The highest BCUT2D eigenvalue weighted by molar-refractivity contribution is 7.09. The minimum atomic E-state index is -1.11. The molecular weight excluding hydrogens is 280 g/mol. The first kappa shape index (κ1) is 12.5. The van der Waals surface area contributed by atoms with Crippen LogP contribution in [0.2, 0.25) is 0 Å². The topological polar surface area (TPSA) is 98.7 Å². The van der Waals surface area contributed by atoms with Gasteiger partial charge in [-0.25, -0.2) is 9.48 Å². The van der Waals surface area contributed by atoms with E-state index in [0.717, 1.165) is 4.88 Å². The summed E-state index contributed by atoms with van der Waals surface area (Å²) in [5.41, 5.74) is 2.75. The van der Waals surface area contributed by atoms with Gasteiger partial charge in [-0.05, 0) is 0 Å². The number of hydrogen-bond acceptors (Lipinski definition) is 6. The summed E-state index contributed by atoms with van der Waals surface area (Å²) < 4.78 is 3.15. The van der Waals surface area contributed by atoms with Crippen molar-refractivity contribution in [2.45, 2.75) is 6.54 Å². The fourth-order valence-electron chi connectivity index (χ4n) is 1.86. The van der Waals surface area contributed by atoms with E-state index in [9.17, 15) is 9.90 Å². The number of nitrogens with zero attached hydrogens (tertiary/aromatic N) is 6. The minimum absolute atomic E-state index is 0.0810. The average Bonchev–Trinajstić information content (AvgIpc) is 3.09. The van der Waals surface area contributed by atoms with Crippen molar-refractivity contribution in [3.05, 3.63) is 34.7 Å². The van der Waals surface area contributed by atoms with Gasteiger partial charge in [0.15, 0.2) is 5.69 Å². The van der Waals surface area contributed by atoms with Crippen LogP contribution in [0.5, 0.6) is 0 Å². The molecule has 0 aliphatic carbocycles. The Morgan fingerprint density at radius 3 is 2.90 bits per heavy atom. The van der Waals surface area contributed by atoms with Crippen molar-refractivity contribution >= 4 is 17.3 Å². The Labute approximate surface area is 117 Å². The van der Waals surface area contributed by atoms with Gasteiger partial charge in [0.05, 0.1) is 18.3 Å². The summed E-state index contributed by atoms with van der Waals surface area (Å²) in [5, 5.41) is 20.9. The van der Waals surface area contributed by atoms with E-state index in [1.54, 1.807) is 40.5 Å². The number of carboxylic acids is 1. The number of hydrogen-bond donors (Lipinski definition) is 1. The second-order valence-corrected chi connectivity index (χ2v) is 5.09. The Morgan fingerprint density at radius 2 is 2.30 bits per heavy atom. The molecule has 9 heteroatoms. The summed E-state index contributed by atoms with van der Waals surface area (Å²) in [4.78, 5) is 16.2. The van der Waals surface area contributed by atoms with Crippen molar-refractivity contribution in [1.29, 1.82) is 0 Å². The number of rotatable bonds is 4. The fourth-order valence-corrected chi connectivity index (χ4v) is 2.44. The molecule has 0 saturated heterocycles. The second kappa shape index (κ2) is 4.85. The van der Waals surface area contributed by atoms with Gasteiger partial charge in [-0.3, -0.25) is 9.67 Å². The lowest BCUT2D eigenvalue weighted by Crippen LogP contribution is -2.05. The van der Waals surface area contributed by atoms with Crippen LogP contribution in [0, 0.1) is 0 Å². The van der Waals surface area contributed by atoms with E-state index >= 15 is 0 Å². The van der Waals surface area contributed by atoms with Gasteiger partial charge >= 0.3 is 5.97 Å². The minimum Gasteiger partial charge on any atom is -0.476 e. The number of carbonyl (C=O) groups is 1. The molecule has 0 fully saturated rings. The largest absolute Gasteiger partial charge is 0.476 e. The van der Waals surface area contributed by atoms with E-state index in [-0.39, 0.29) is 5.69 Å². The van der Waals surface area contributed by atoms with Gasteiger partial charge in [0, 0.05) is 29.9 Å². The van der Waals surface area contributed by atoms with Gasteiger partial charge in [-0.15, -0.1) is 16.4 Å². The lowest BCUT2D eigenvalue weighted by atomic mass is 10.2. The third-order valence-electron chi connectivity index (χ3n) is 2.71. The Morgan fingerprint density at radius 1 is 1.45 bits per heavy atom. The van der Waals surface area contributed by atoms with Crippen LogP contribution < -0.4 is 0 Å². The summed E-state index contributed by atoms with van der Waals surface area (Å²) in [6.07, 6.45) is 5.04. The first-order valence-corrected chi connectivity index (χ1v) is 6.56. The zero-order chi connectivity index (χ0) is 14.1. The monoisotopic (exact) mass is 290 g/mol. The number of aromatic nitrogens is 6. The van der Waals surface area contributed by atoms with Crippen molar-refractivity contribution in [2.24, 2.45) is 7.05 Å². The second-order valence-electron chi connectivity index (χ2n) is 4.12. The zero-order valence-electron chi connectivity index (χ0n) is 10.5. The van der Waals surface area contributed by atoms with Crippen molar-refractivity contribution in [2.75, 3.05) is 0 Å². The molecule has 3 heterocycles. The predicted molar refractivity (Wildman–Crippen MR) is 70.4 cm³/mol. The highest BCUT2D eigenvalue weighted by Crippen LogP contribution is 2.23. The number of aromatic carboxylic acids is 1. The van der Waals surface area contributed by atoms with Gasteiger partial charge in [0.1, 0.15) is 5.69 Å². The van der Waals surface area contributed by atoms with Crippen LogP contribution in [-0.2, 0) is 13.6 Å². The Kier molecular flexibility index (Phi) is 3.03. The Bertz CT molecular complexity index is 745. The molecule has 0 aliphatic heterocycles. The van der Waals surface area contributed by atoms with Gasteiger partial charge in [0.2, 0.25) is 0 Å². The van der Waals surface area contributed by atoms with Crippen LogP contribution in [0.1, 0.15) is 15.4 Å². The van der Waals surface area contributed by atoms with Gasteiger partial charge in [0.25, 0.3) is 0 Å². The number of thiazole rings is 1. The quantitative estimate of drug-likeness (QED) is 0.766. The Balaban J connectivity index is 2.08. The van der Waals surface area contributed by atoms with E-state index in [1.807, 2.05) is 0 Å². The smallest absolute Gasteiger partial charge is 0.358 e. The van der Waals surface area contributed by atoms with Crippen molar-refractivity contribution < 1.29 is 9.90 Å². The maximum Gasteiger partial charge on any atom is 0.358 e. The van der Waals surface area contributed by atoms with Crippen molar-refractivity contribution in [3.8, 4) is 11.3 Å². The van der Waals surface area contributed by atoms with E-state index in [1.165, 1.54) is 11.3 Å². The molecule has 1 N–H and O–H groups in total. The summed E-state index contributed by atoms with van der Waals surface area (Å²) in [6.45, 7) is 0.426. The number of carboxylic acid groups (broad SMARTS) is 1. The van der Waals surface area contributed by atoms with E-state index < -0.39 is 5.97 Å². The standard InChI is InChI=1S/C11H10N6O2S/c1-16-4-7(2-13-16)10-9(11(18)19)14-15-17(10)5-8-3-12-6-20-8/h2-4,6H,5H2,1H3,(H,18,19). The molecule has 0 aromatic carbocycles. The van der Waals surface area contributed by atoms with Crippen LogP contribution in [0.15, 0.2) is 24.1 Å². The van der Waals surface area contributed by atoms with Crippen molar-refractivity contribution in [1.82, 2.24) is 29.8 Å². The molecule has 0 atom stereocenters. The molecule has 8 nitrogen and oxygen atoms in total. The predicted octanol–water partition coefficient (Wildman–Crippen LogP) is 0.882. The van der Waals surface area contributed by atoms with Crippen LogP contribution in [0.25, 0.3) is 11.3 Å². The van der Waals surface area contributed by atoms with E-state index in [0.29, 0.717) is 17.8 Å². The van der Waals surface area contributed by atoms with Crippen LogP contribution in [-0.4, -0.2) is 40.8 Å². The van der Waals surface area contributed by atoms with Crippen LogP contribution in [0.3, 0.4) is 0 Å². The Hall–Kier alpha value is -2.55. The summed E-state index contributed by atoms with van der Waals surface area (Å²) in [5.74, 6) is -1.11. The van der Waals surface area contributed by atoms with Crippen LogP contribution in [0.4, 0.5) is 0 Å². The zero-order valence-corrected chi connectivity index (χ0v) is 11.3. The van der Waals surface area contributed by atoms with Crippen LogP contribution >= 0.6 is 11.3 Å². The van der Waals surface area contributed by atoms with E-state index in [4.69, 9.17) is 0 Å². The van der Waals surface area contributed by atoms with E-state index in [2.05, 4.69) is 20.4 Å². The first-order valence-electron chi connectivity index (χ1n) is 5.68. The molecule has 0 radical (unpaired) electrons. The molecule has 3 rings (SSSR count). The lowest BCUT2D eigenvalue weighted by Gasteiger charge is -2.03. The fraction of sp³-hybridized carbons (Fsp3) is 0.182. The molecule has 0 spiro atoms. The molecule has 0 bridgehead atoms. The third kappa shape index (κ3) is 2.18. The summed E-state index contributed by atoms with van der Waals surface area (Å²) in [6, 6.07) is 0. The molecule has 0 unspecified atom stereocenters. The average molecular weight is 290 g/mol. The highest BCUT2D eigenvalue weighted by atomic mass is 32.1.